The molecule has 0 aliphatic heterocycles. The van der Waals surface area contributed by atoms with Crippen molar-refractivity contribution < 1.29 is 14.8 Å². The number of anilines is 1. The van der Waals surface area contributed by atoms with Gasteiger partial charge in [-0.1, -0.05) is 73.5 Å². The summed E-state index contributed by atoms with van der Waals surface area (Å²) >= 11 is 0. The smallest absolute Gasteiger partial charge is 0.275 e. The van der Waals surface area contributed by atoms with Crippen molar-refractivity contribution in [3.05, 3.63) is 96.3 Å². The Morgan fingerprint density at radius 1 is 0.886 bits per heavy atom. The molecule has 0 radical (unpaired) electrons. The molecule has 176 valence electrons. The number of hydroxylamine groups is 1. The molecule has 7 heteroatoms. The van der Waals surface area contributed by atoms with E-state index < -0.39 is 11.3 Å². The highest BCUT2D eigenvalue weighted by Gasteiger charge is 2.44. The quantitative estimate of drug-likeness (QED) is 0.228. The van der Waals surface area contributed by atoms with Crippen LogP contribution in [0.5, 0.6) is 0 Å². The van der Waals surface area contributed by atoms with Crippen LogP contribution in [0.2, 0.25) is 0 Å². The van der Waals surface area contributed by atoms with Crippen LogP contribution in [-0.2, 0) is 10.2 Å². The largest absolute Gasteiger partial charge is 0.341 e. The number of nitrogens with one attached hydrogen (secondary N) is 3. The van der Waals surface area contributed by atoms with E-state index in [0.29, 0.717) is 16.8 Å². The zero-order chi connectivity index (χ0) is 24.3. The van der Waals surface area contributed by atoms with Crippen LogP contribution >= 0.6 is 0 Å². The Hall–Kier alpha value is -4.23. The predicted molar refractivity (Wildman–Crippen MR) is 134 cm³/mol. The van der Waals surface area contributed by atoms with Crippen LogP contribution in [-0.4, -0.2) is 27.0 Å². The second-order valence-corrected chi connectivity index (χ2v) is 8.82. The molecule has 0 unspecified atom stereocenters. The van der Waals surface area contributed by atoms with Crippen LogP contribution in [0.3, 0.4) is 0 Å². The number of amides is 2. The normalized spacial score (nSPS) is 14.4. The third kappa shape index (κ3) is 4.34. The number of imidazole rings is 1. The third-order valence-corrected chi connectivity index (χ3v) is 6.74. The van der Waals surface area contributed by atoms with Crippen molar-refractivity contribution in [2.24, 2.45) is 0 Å². The molecule has 1 saturated carbocycles. The average Bonchev–Trinajstić information content (AvgIpc) is 3.60. The molecule has 1 heterocycles. The molecule has 4 N–H and O–H groups in total. The van der Waals surface area contributed by atoms with Gasteiger partial charge < -0.3 is 10.3 Å². The third-order valence-electron chi connectivity index (χ3n) is 6.74. The molecule has 2 amide bonds. The van der Waals surface area contributed by atoms with Crippen molar-refractivity contribution in [3.8, 4) is 22.5 Å². The van der Waals surface area contributed by atoms with Gasteiger partial charge in [0.2, 0.25) is 5.91 Å². The molecule has 35 heavy (non-hydrogen) atoms. The molecule has 0 spiro atoms. The maximum atomic E-state index is 13.7. The maximum Gasteiger partial charge on any atom is 0.275 e. The van der Waals surface area contributed by atoms with Gasteiger partial charge in [0, 0.05) is 23.0 Å². The average molecular weight is 467 g/mol. The van der Waals surface area contributed by atoms with Gasteiger partial charge in [-0.25, -0.2) is 10.5 Å². The fraction of sp³-hybridized carbons (Fsp3) is 0.179. The van der Waals surface area contributed by atoms with E-state index in [9.17, 15) is 14.8 Å². The van der Waals surface area contributed by atoms with Gasteiger partial charge in [-0.15, -0.1) is 0 Å². The molecule has 0 saturated heterocycles. The number of benzene rings is 3. The van der Waals surface area contributed by atoms with E-state index in [1.807, 2.05) is 60.7 Å². The monoisotopic (exact) mass is 466 g/mol. The standard InChI is InChI=1S/C28H26N4O3/c33-26(32-35)22-14-13-21(17-23(22)19-9-3-1-4-10-19)30-27(34)28(15-7-8-16-28)24-18-29-25(31-24)20-11-5-2-6-12-20/h1-6,9-14,17-18,35H,7-8,15-16H2,(H,29,31)(H,30,34)(H,32,33). The summed E-state index contributed by atoms with van der Waals surface area (Å²) in [7, 11) is 0. The number of carbonyl (C=O) groups excluding carboxylic acids is 2. The number of nitrogens with zero attached hydrogens (tertiary/aromatic N) is 1. The van der Waals surface area contributed by atoms with Crippen LogP contribution in [0.15, 0.2) is 85.1 Å². The number of H-pyrrole nitrogens is 1. The highest BCUT2D eigenvalue weighted by molar-refractivity contribution is 6.03. The van der Waals surface area contributed by atoms with Crippen LogP contribution in [0, 0.1) is 0 Å². The summed E-state index contributed by atoms with van der Waals surface area (Å²) in [5, 5.41) is 12.3. The van der Waals surface area contributed by atoms with Crippen molar-refractivity contribution in [2.45, 2.75) is 31.1 Å². The van der Waals surface area contributed by atoms with E-state index in [-0.39, 0.29) is 5.91 Å². The van der Waals surface area contributed by atoms with Crippen LogP contribution in [0.1, 0.15) is 41.7 Å². The Labute approximate surface area is 203 Å². The molecule has 1 aliphatic carbocycles. The maximum absolute atomic E-state index is 13.7. The first-order chi connectivity index (χ1) is 17.1. The number of aromatic nitrogens is 2. The van der Waals surface area contributed by atoms with Gasteiger partial charge in [-0.2, -0.15) is 0 Å². The first-order valence-corrected chi connectivity index (χ1v) is 11.7. The first kappa shape index (κ1) is 22.6. The highest BCUT2D eigenvalue weighted by atomic mass is 16.5. The summed E-state index contributed by atoms with van der Waals surface area (Å²) in [4.78, 5) is 33.9. The molecule has 1 fully saturated rings. The topological polar surface area (TPSA) is 107 Å². The zero-order valence-corrected chi connectivity index (χ0v) is 19.1. The molecular formula is C28H26N4O3. The van der Waals surface area contributed by atoms with Crippen molar-refractivity contribution in [1.82, 2.24) is 15.4 Å². The van der Waals surface area contributed by atoms with Crippen LogP contribution < -0.4 is 10.8 Å². The Morgan fingerprint density at radius 2 is 1.54 bits per heavy atom. The van der Waals surface area contributed by atoms with E-state index in [1.54, 1.807) is 29.9 Å². The minimum absolute atomic E-state index is 0.100. The Balaban J connectivity index is 1.47. The van der Waals surface area contributed by atoms with E-state index in [4.69, 9.17) is 0 Å². The fourth-order valence-electron chi connectivity index (χ4n) is 4.89. The lowest BCUT2D eigenvalue weighted by Gasteiger charge is -2.26. The highest BCUT2D eigenvalue weighted by Crippen LogP contribution is 2.42. The van der Waals surface area contributed by atoms with E-state index in [1.165, 1.54) is 0 Å². The van der Waals surface area contributed by atoms with Crippen LogP contribution in [0.25, 0.3) is 22.5 Å². The van der Waals surface area contributed by atoms with Crippen molar-refractivity contribution in [3.63, 3.8) is 0 Å². The SMILES string of the molecule is O=C(NO)c1ccc(NC(=O)C2(c3cnc(-c4ccccc4)[nH]3)CCCC2)cc1-c1ccccc1. The van der Waals surface area contributed by atoms with Crippen LogP contribution in [0.4, 0.5) is 5.69 Å². The zero-order valence-electron chi connectivity index (χ0n) is 19.1. The Kier molecular flexibility index (Phi) is 6.16. The number of carbonyl (C=O) groups is 2. The lowest BCUT2D eigenvalue weighted by atomic mass is 9.82. The minimum Gasteiger partial charge on any atom is -0.341 e. The molecule has 0 atom stereocenters. The number of hydrogen-bond acceptors (Lipinski definition) is 4. The molecule has 1 aromatic heterocycles. The second kappa shape index (κ2) is 9.56. The Morgan fingerprint density at radius 3 is 2.20 bits per heavy atom. The molecule has 7 nitrogen and oxygen atoms in total. The van der Waals surface area contributed by atoms with Crippen molar-refractivity contribution in [2.75, 3.05) is 5.32 Å². The molecule has 3 aromatic carbocycles. The van der Waals surface area contributed by atoms with Gasteiger partial charge in [0.05, 0.1) is 11.1 Å². The van der Waals surface area contributed by atoms with E-state index >= 15 is 0 Å². The van der Waals surface area contributed by atoms with Gasteiger partial charge in [0.1, 0.15) is 5.82 Å². The summed E-state index contributed by atoms with van der Waals surface area (Å²) < 4.78 is 0. The van der Waals surface area contributed by atoms with E-state index in [0.717, 1.165) is 48.3 Å². The van der Waals surface area contributed by atoms with Gasteiger partial charge >= 0.3 is 0 Å². The lowest BCUT2D eigenvalue weighted by molar-refractivity contribution is -0.121. The summed E-state index contributed by atoms with van der Waals surface area (Å²) in [6.07, 6.45) is 5.14. The van der Waals surface area contributed by atoms with Gasteiger partial charge in [-0.05, 0) is 42.2 Å². The summed E-state index contributed by atoms with van der Waals surface area (Å²) in [6, 6.07) is 24.3. The molecule has 5 rings (SSSR count). The van der Waals surface area contributed by atoms with Gasteiger partial charge in [0.25, 0.3) is 5.91 Å². The number of aromatic amines is 1. The molecule has 1 aliphatic rings. The van der Waals surface area contributed by atoms with E-state index in [2.05, 4.69) is 15.3 Å². The first-order valence-electron chi connectivity index (χ1n) is 11.7. The van der Waals surface area contributed by atoms with Gasteiger partial charge in [-0.3, -0.25) is 14.8 Å². The molecule has 4 aromatic rings. The minimum atomic E-state index is -0.700. The van der Waals surface area contributed by atoms with Crippen molar-refractivity contribution >= 4 is 17.5 Å². The molecular weight excluding hydrogens is 440 g/mol. The number of hydrogen-bond donors (Lipinski definition) is 4. The molecule has 0 bridgehead atoms. The summed E-state index contributed by atoms with van der Waals surface area (Å²) in [5.74, 6) is 0.0296. The lowest BCUT2D eigenvalue weighted by Crippen LogP contribution is -2.38. The predicted octanol–water partition coefficient (Wildman–Crippen LogP) is 5.31. The van der Waals surface area contributed by atoms with Gasteiger partial charge in [0.15, 0.2) is 0 Å². The Bertz CT molecular complexity index is 1340. The fourth-order valence-corrected chi connectivity index (χ4v) is 4.89. The summed E-state index contributed by atoms with van der Waals surface area (Å²) in [5.41, 5.74) is 5.10. The second-order valence-electron chi connectivity index (χ2n) is 8.82. The summed E-state index contributed by atoms with van der Waals surface area (Å²) in [6.45, 7) is 0. The number of rotatable bonds is 6. The van der Waals surface area contributed by atoms with Crippen molar-refractivity contribution in [1.29, 1.82) is 0 Å².